The first-order valence-electron chi connectivity index (χ1n) is 6.85. The Morgan fingerprint density at radius 1 is 1.19 bits per heavy atom. The third-order valence-electron chi connectivity index (χ3n) is 3.26. The van der Waals surface area contributed by atoms with Crippen LogP contribution < -0.4 is 4.74 Å². The van der Waals surface area contributed by atoms with E-state index in [1.807, 2.05) is 12.1 Å². The number of ether oxygens (including phenoxy) is 2. The lowest BCUT2D eigenvalue weighted by Gasteiger charge is -2.27. The second-order valence-corrected chi connectivity index (χ2v) is 5.69. The Balaban J connectivity index is 1.79. The van der Waals surface area contributed by atoms with E-state index in [4.69, 9.17) is 9.47 Å². The first kappa shape index (κ1) is 14.4. The third kappa shape index (κ3) is 4.00. The zero-order chi connectivity index (χ0) is 14.5. The molecule has 1 aromatic heterocycles. The van der Waals surface area contributed by atoms with Crippen molar-refractivity contribution in [2.75, 3.05) is 26.3 Å². The van der Waals surface area contributed by atoms with Crippen LogP contribution in [-0.4, -0.2) is 41.2 Å². The van der Waals surface area contributed by atoms with Crippen LogP contribution in [0.3, 0.4) is 0 Å². The average molecular weight is 350 g/mol. The highest BCUT2D eigenvalue weighted by molar-refractivity contribution is 9.10. The fourth-order valence-corrected chi connectivity index (χ4v) is 2.62. The van der Waals surface area contributed by atoms with Gasteiger partial charge in [-0.25, -0.2) is 9.97 Å². The zero-order valence-electron chi connectivity index (χ0n) is 11.5. The van der Waals surface area contributed by atoms with Crippen LogP contribution in [0.25, 0.3) is 0 Å². The smallest absolute Gasteiger partial charge is 0.321 e. The molecule has 0 unspecified atom stereocenters. The van der Waals surface area contributed by atoms with E-state index in [0.717, 1.165) is 48.6 Å². The quantitative estimate of drug-likeness (QED) is 0.849. The van der Waals surface area contributed by atoms with Gasteiger partial charge in [0.2, 0.25) is 0 Å². The van der Waals surface area contributed by atoms with Crippen LogP contribution in [0, 0.1) is 0 Å². The van der Waals surface area contributed by atoms with Crippen LogP contribution in [0.15, 0.2) is 41.1 Å². The van der Waals surface area contributed by atoms with Crippen LogP contribution in [0.5, 0.6) is 11.8 Å². The van der Waals surface area contributed by atoms with E-state index in [9.17, 15) is 0 Å². The minimum absolute atomic E-state index is 0.364. The summed E-state index contributed by atoms with van der Waals surface area (Å²) in [6.07, 6.45) is 3.34. The van der Waals surface area contributed by atoms with Gasteiger partial charge in [-0.05, 0) is 24.3 Å². The van der Waals surface area contributed by atoms with Gasteiger partial charge in [-0.1, -0.05) is 15.9 Å². The molecule has 1 fully saturated rings. The van der Waals surface area contributed by atoms with Gasteiger partial charge in [-0.15, -0.1) is 0 Å². The molecule has 0 aliphatic carbocycles. The van der Waals surface area contributed by atoms with Crippen molar-refractivity contribution in [3.05, 3.63) is 46.7 Å². The van der Waals surface area contributed by atoms with Gasteiger partial charge in [-0.2, -0.15) is 0 Å². The molecule has 110 valence electrons. The second-order valence-electron chi connectivity index (χ2n) is 4.77. The van der Waals surface area contributed by atoms with Crippen LogP contribution in [0.4, 0.5) is 0 Å². The Labute approximate surface area is 132 Å². The molecule has 5 nitrogen and oxygen atoms in total. The Morgan fingerprint density at radius 3 is 2.71 bits per heavy atom. The summed E-state index contributed by atoms with van der Waals surface area (Å²) in [4.78, 5) is 10.6. The standard InChI is InChI=1S/C15H16BrN3O2/c16-13-2-3-14(21-15-17-4-1-5-18-15)12(10-13)11-19-6-8-20-9-7-19/h1-5,10H,6-9,11H2. The van der Waals surface area contributed by atoms with Crippen molar-refractivity contribution >= 4 is 15.9 Å². The summed E-state index contributed by atoms with van der Waals surface area (Å²) in [5.74, 6) is 0.788. The lowest BCUT2D eigenvalue weighted by Crippen LogP contribution is -2.35. The Hall–Kier alpha value is -1.50. The largest absolute Gasteiger partial charge is 0.424 e. The van der Waals surface area contributed by atoms with E-state index in [1.165, 1.54) is 0 Å². The number of hydrogen-bond donors (Lipinski definition) is 0. The van der Waals surface area contributed by atoms with Gasteiger partial charge in [0.1, 0.15) is 5.75 Å². The van der Waals surface area contributed by atoms with Crippen molar-refractivity contribution in [3.63, 3.8) is 0 Å². The van der Waals surface area contributed by atoms with E-state index in [1.54, 1.807) is 18.5 Å². The summed E-state index contributed by atoms with van der Waals surface area (Å²) in [6.45, 7) is 4.27. The van der Waals surface area contributed by atoms with Crippen LogP contribution in [-0.2, 0) is 11.3 Å². The van der Waals surface area contributed by atoms with E-state index in [2.05, 4.69) is 36.9 Å². The molecule has 0 spiro atoms. The predicted octanol–water partition coefficient (Wildman–Crippen LogP) is 2.86. The highest BCUT2D eigenvalue weighted by Gasteiger charge is 2.14. The summed E-state index contributed by atoms with van der Waals surface area (Å²) in [5, 5.41) is 0. The molecule has 0 atom stereocenters. The molecule has 6 heteroatoms. The number of aromatic nitrogens is 2. The fourth-order valence-electron chi connectivity index (χ4n) is 2.21. The molecule has 0 amide bonds. The van der Waals surface area contributed by atoms with Crippen molar-refractivity contribution in [2.24, 2.45) is 0 Å². The number of nitrogens with zero attached hydrogens (tertiary/aromatic N) is 3. The number of morpholine rings is 1. The second kappa shape index (κ2) is 6.98. The van der Waals surface area contributed by atoms with Gasteiger partial charge in [-0.3, -0.25) is 4.90 Å². The van der Waals surface area contributed by atoms with Crippen LogP contribution in [0.1, 0.15) is 5.56 Å². The topological polar surface area (TPSA) is 47.5 Å². The normalized spacial score (nSPS) is 15.9. The summed E-state index contributed by atoms with van der Waals surface area (Å²) < 4.78 is 12.2. The SMILES string of the molecule is Brc1ccc(Oc2ncccn2)c(CN2CCOCC2)c1. The molecular formula is C15H16BrN3O2. The van der Waals surface area contributed by atoms with Crippen LogP contribution in [0.2, 0.25) is 0 Å². The minimum Gasteiger partial charge on any atom is -0.424 e. The number of rotatable bonds is 4. The van der Waals surface area contributed by atoms with Gasteiger partial charge in [0.25, 0.3) is 0 Å². The average Bonchev–Trinajstić information content (AvgIpc) is 2.52. The summed E-state index contributed by atoms with van der Waals surface area (Å²) >= 11 is 3.52. The maximum Gasteiger partial charge on any atom is 0.321 e. The van der Waals surface area contributed by atoms with Gasteiger partial charge in [0.15, 0.2) is 0 Å². The van der Waals surface area contributed by atoms with Gasteiger partial charge in [0, 0.05) is 42.1 Å². The number of benzene rings is 1. The molecule has 3 rings (SSSR count). The van der Waals surface area contributed by atoms with Crippen LogP contribution >= 0.6 is 15.9 Å². The Morgan fingerprint density at radius 2 is 1.95 bits per heavy atom. The molecule has 0 N–H and O–H groups in total. The van der Waals surface area contributed by atoms with Gasteiger partial charge >= 0.3 is 6.01 Å². The minimum atomic E-state index is 0.364. The van der Waals surface area contributed by atoms with Crippen molar-refractivity contribution in [1.29, 1.82) is 0 Å². The summed E-state index contributed by atoms with van der Waals surface area (Å²) in [7, 11) is 0. The number of halogens is 1. The summed E-state index contributed by atoms with van der Waals surface area (Å²) in [5.41, 5.74) is 1.11. The number of hydrogen-bond acceptors (Lipinski definition) is 5. The molecular weight excluding hydrogens is 334 g/mol. The maximum absolute atomic E-state index is 5.81. The Bertz CT molecular complexity index is 589. The molecule has 1 aliphatic heterocycles. The molecule has 0 bridgehead atoms. The maximum atomic E-state index is 5.81. The van der Waals surface area contributed by atoms with E-state index >= 15 is 0 Å². The molecule has 0 radical (unpaired) electrons. The lowest BCUT2D eigenvalue weighted by atomic mass is 10.2. The molecule has 0 saturated carbocycles. The van der Waals surface area contributed by atoms with Crippen molar-refractivity contribution < 1.29 is 9.47 Å². The Kier molecular flexibility index (Phi) is 4.80. The van der Waals surface area contributed by atoms with Crippen molar-refractivity contribution in [1.82, 2.24) is 14.9 Å². The fraction of sp³-hybridized carbons (Fsp3) is 0.333. The zero-order valence-corrected chi connectivity index (χ0v) is 13.1. The molecule has 2 heterocycles. The molecule has 21 heavy (non-hydrogen) atoms. The molecule has 1 saturated heterocycles. The highest BCUT2D eigenvalue weighted by Crippen LogP contribution is 2.27. The van der Waals surface area contributed by atoms with Gasteiger partial charge in [0.05, 0.1) is 13.2 Å². The first-order chi connectivity index (χ1) is 10.3. The molecule has 1 aliphatic rings. The molecule has 2 aromatic rings. The summed E-state index contributed by atoms with van der Waals surface area (Å²) in [6, 6.07) is 8.11. The third-order valence-corrected chi connectivity index (χ3v) is 3.76. The monoisotopic (exact) mass is 349 g/mol. The van der Waals surface area contributed by atoms with Crippen molar-refractivity contribution in [3.8, 4) is 11.8 Å². The lowest BCUT2D eigenvalue weighted by molar-refractivity contribution is 0.0339. The predicted molar refractivity (Wildman–Crippen MR) is 82.3 cm³/mol. The van der Waals surface area contributed by atoms with Gasteiger partial charge < -0.3 is 9.47 Å². The highest BCUT2D eigenvalue weighted by atomic mass is 79.9. The molecule has 1 aromatic carbocycles. The van der Waals surface area contributed by atoms with E-state index in [0.29, 0.717) is 6.01 Å². The van der Waals surface area contributed by atoms with E-state index < -0.39 is 0 Å². The van der Waals surface area contributed by atoms with E-state index in [-0.39, 0.29) is 0 Å². The first-order valence-corrected chi connectivity index (χ1v) is 7.64. The van der Waals surface area contributed by atoms with Crippen molar-refractivity contribution in [2.45, 2.75) is 6.54 Å².